The predicted octanol–water partition coefficient (Wildman–Crippen LogP) is 4.06. The fraction of sp³-hybridized carbons (Fsp3) is 0.0952. The lowest BCUT2D eigenvalue weighted by atomic mass is 10.0. The van der Waals surface area contributed by atoms with Crippen LogP contribution in [0.15, 0.2) is 88.9 Å². The molecule has 5 nitrogen and oxygen atoms in total. The smallest absolute Gasteiger partial charge is 0.276 e. The van der Waals surface area contributed by atoms with Crippen LogP contribution in [0.1, 0.15) is 12.5 Å². The van der Waals surface area contributed by atoms with E-state index < -0.39 is 10.0 Å². The molecule has 0 heterocycles. The third kappa shape index (κ3) is 4.95. The molecule has 0 radical (unpaired) electrons. The van der Waals surface area contributed by atoms with Crippen LogP contribution in [0.3, 0.4) is 0 Å². The molecule has 138 valence electrons. The lowest BCUT2D eigenvalue weighted by Crippen LogP contribution is -2.18. The summed E-state index contributed by atoms with van der Waals surface area (Å²) in [5.74, 6) is 0.624. The van der Waals surface area contributed by atoms with Crippen molar-refractivity contribution in [3.63, 3.8) is 0 Å². The zero-order valence-electron chi connectivity index (χ0n) is 14.9. The van der Waals surface area contributed by atoms with Crippen LogP contribution in [-0.2, 0) is 10.0 Å². The summed E-state index contributed by atoms with van der Waals surface area (Å²) in [4.78, 5) is 2.35. The number of hydrogen-bond donors (Lipinski definition) is 1. The van der Waals surface area contributed by atoms with Crippen LogP contribution in [0.2, 0.25) is 0 Å². The first-order chi connectivity index (χ1) is 13.1. The molecule has 0 aliphatic carbocycles. The number of hydrazone groups is 1. The number of hydrogen-bond acceptors (Lipinski definition) is 4. The Morgan fingerprint density at radius 2 is 1.52 bits per heavy atom. The lowest BCUT2D eigenvalue weighted by Gasteiger charge is -2.06. The average Bonchev–Trinajstić information content (AvgIpc) is 2.70. The first kappa shape index (κ1) is 18.7. The van der Waals surface area contributed by atoms with Crippen molar-refractivity contribution in [2.24, 2.45) is 5.10 Å². The highest BCUT2D eigenvalue weighted by atomic mass is 32.2. The molecule has 0 aromatic heterocycles. The number of nitrogens with one attached hydrogen (secondary N) is 1. The molecule has 0 saturated heterocycles. The third-order valence-electron chi connectivity index (χ3n) is 3.85. The van der Waals surface area contributed by atoms with Gasteiger partial charge in [-0.2, -0.15) is 13.5 Å². The second-order valence-electron chi connectivity index (χ2n) is 5.75. The zero-order chi connectivity index (χ0) is 19.1. The van der Waals surface area contributed by atoms with Gasteiger partial charge in [0.05, 0.1) is 17.7 Å². The van der Waals surface area contributed by atoms with Crippen LogP contribution >= 0.6 is 0 Å². The molecule has 3 aromatic carbocycles. The first-order valence-corrected chi connectivity index (χ1v) is 10.00. The van der Waals surface area contributed by atoms with Gasteiger partial charge in [-0.05, 0) is 47.9 Å². The van der Waals surface area contributed by atoms with Crippen molar-refractivity contribution in [1.29, 1.82) is 0 Å². The quantitative estimate of drug-likeness (QED) is 0.496. The van der Waals surface area contributed by atoms with E-state index in [1.807, 2.05) is 61.5 Å². The summed E-state index contributed by atoms with van der Waals surface area (Å²) < 4.78 is 29.8. The van der Waals surface area contributed by atoms with Crippen LogP contribution in [0.5, 0.6) is 5.75 Å². The molecule has 3 aromatic rings. The second kappa shape index (κ2) is 8.51. The monoisotopic (exact) mass is 380 g/mol. The summed E-state index contributed by atoms with van der Waals surface area (Å²) in [6.07, 6.45) is 1.47. The van der Waals surface area contributed by atoms with E-state index in [0.29, 0.717) is 12.4 Å². The number of ether oxygens (including phenoxy) is 1. The molecule has 0 spiro atoms. The van der Waals surface area contributed by atoms with Crippen molar-refractivity contribution in [3.05, 3.63) is 84.4 Å². The number of rotatable bonds is 7. The Morgan fingerprint density at radius 3 is 2.15 bits per heavy atom. The van der Waals surface area contributed by atoms with Crippen molar-refractivity contribution < 1.29 is 13.2 Å². The molecule has 0 aliphatic heterocycles. The molecule has 6 heteroatoms. The van der Waals surface area contributed by atoms with E-state index in [1.54, 1.807) is 12.1 Å². The SMILES string of the molecule is CCOc1ccc(S(=O)(=O)NN=Cc2ccc(-c3ccccc3)cc2)cc1. The maximum Gasteiger partial charge on any atom is 0.276 e. The molecule has 0 amide bonds. The van der Waals surface area contributed by atoms with Gasteiger partial charge < -0.3 is 4.74 Å². The van der Waals surface area contributed by atoms with Gasteiger partial charge in [0.2, 0.25) is 0 Å². The molecular weight excluding hydrogens is 360 g/mol. The third-order valence-corrected chi connectivity index (χ3v) is 5.09. The van der Waals surface area contributed by atoms with Crippen LogP contribution in [0.25, 0.3) is 11.1 Å². The van der Waals surface area contributed by atoms with Gasteiger partial charge in [0.1, 0.15) is 5.75 Å². The molecular formula is C21H20N2O3S. The number of benzene rings is 3. The zero-order valence-corrected chi connectivity index (χ0v) is 15.7. The van der Waals surface area contributed by atoms with Crippen molar-refractivity contribution in [3.8, 4) is 16.9 Å². The maximum absolute atomic E-state index is 12.3. The largest absolute Gasteiger partial charge is 0.494 e. The molecule has 0 atom stereocenters. The van der Waals surface area contributed by atoms with Crippen molar-refractivity contribution >= 4 is 16.2 Å². The Labute approximate surface area is 159 Å². The molecule has 0 bridgehead atoms. The van der Waals surface area contributed by atoms with E-state index in [-0.39, 0.29) is 4.90 Å². The van der Waals surface area contributed by atoms with Crippen molar-refractivity contribution in [2.45, 2.75) is 11.8 Å². The number of sulfonamides is 1. The van der Waals surface area contributed by atoms with Crippen LogP contribution in [-0.4, -0.2) is 21.2 Å². The summed E-state index contributed by atoms with van der Waals surface area (Å²) >= 11 is 0. The summed E-state index contributed by atoms with van der Waals surface area (Å²) in [6.45, 7) is 2.39. The van der Waals surface area contributed by atoms with E-state index in [2.05, 4.69) is 9.93 Å². The summed E-state index contributed by atoms with van der Waals surface area (Å²) in [7, 11) is -3.72. The van der Waals surface area contributed by atoms with Gasteiger partial charge in [0.25, 0.3) is 10.0 Å². The molecule has 0 unspecified atom stereocenters. The predicted molar refractivity (Wildman–Crippen MR) is 107 cm³/mol. The highest BCUT2D eigenvalue weighted by Crippen LogP contribution is 2.19. The fourth-order valence-corrected chi connectivity index (χ4v) is 3.29. The molecule has 27 heavy (non-hydrogen) atoms. The minimum atomic E-state index is -3.72. The minimum absolute atomic E-state index is 0.127. The topological polar surface area (TPSA) is 67.8 Å². The Morgan fingerprint density at radius 1 is 0.889 bits per heavy atom. The van der Waals surface area contributed by atoms with Gasteiger partial charge in [0, 0.05) is 0 Å². The first-order valence-electron chi connectivity index (χ1n) is 8.52. The molecule has 3 rings (SSSR count). The molecule has 0 aliphatic rings. The highest BCUT2D eigenvalue weighted by Gasteiger charge is 2.12. The van der Waals surface area contributed by atoms with E-state index in [0.717, 1.165) is 16.7 Å². The number of nitrogens with zero attached hydrogens (tertiary/aromatic N) is 1. The second-order valence-corrected chi connectivity index (χ2v) is 7.41. The van der Waals surface area contributed by atoms with Gasteiger partial charge in [0.15, 0.2) is 0 Å². The summed E-state index contributed by atoms with van der Waals surface area (Å²) in [5.41, 5.74) is 3.00. The van der Waals surface area contributed by atoms with Crippen LogP contribution in [0.4, 0.5) is 0 Å². The Hall–Kier alpha value is -3.12. The van der Waals surface area contributed by atoms with E-state index in [9.17, 15) is 8.42 Å². The van der Waals surface area contributed by atoms with Gasteiger partial charge in [-0.25, -0.2) is 4.83 Å². The van der Waals surface area contributed by atoms with Crippen molar-refractivity contribution in [1.82, 2.24) is 4.83 Å². The van der Waals surface area contributed by atoms with E-state index in [1.165, 1.54) is 18.3 Å². The Balaban J connectivity index is 1.65. The normalized spacial score (nSPS) is 11.4. The van der Waals surface area contributed by atoms with Crippen LogP contribution < -0.4 is 9.57 Å². The van der Waals surface area contributed by atoms with E-state index in [4.69, 9.17) is 4.74 Å². The molecule has 0 saturated carbocycles. The van der Waals surface area contributed by atoms with Gasteiger partial charge in [-0.15, -0.1) is 0 Å². The highest BCUT2D eigenvalue weighted by molar-refractivity contribution is 7.89. The van der Waals surface area contributed by atoms with Gasteiger partial charge in [-0.3, -0.25) is 0 Å². The maximum atomic E-state index is 12.3. The van der Waals surface area contributed by atoms with Gasteiger partial charge >= 0.3 is 0 Å². The molecule has 1 N–H and O–H groups in total. The summed E-state index contributed by atoms with van der Waals surface area (Å²) in [6, 6.07) is 23.9. The van der Waals surface area contributed by atoms with Crippen molar-refractivity contribution in [2.75, 3.05) is 6.61 Å². The fourth-order valence-electron chi connectivity index (χ4n) is 2.50. The Kier molecular flexibility index (Phi) is 5.88. The summed E-state index contributed by atoms with van der Waals surface area (Å²) in [5, 5.41) is 3.86. The average molecular weight is 380 g/mol. The minimum Gasteiger partial charge on any atom is -0.494 e. The Bertz CT molecular complexity index is 998. The molecule has 0 fully saturated rings. The lowest BCUT2D eigenvalue weighted by molar-refractivity contribution is 0.340. The van der Waals surface area contributed by atoms with Gasteiger partial charge in [-0.1, -0.05) is 54.6 Å². The standard InChI is InChI=1S/C21H20N2O3S/c1-2-26-20-12-14-21(15-13-20)27(24,25)23-22-16-17-8-10-19(11-9-17)18-6-4-3-5-7-18/h3-16,23H,2H2,1H3. The van der Waals surface area contributed by atoms with Crippen LogP contribution in [0, 0.1) is 0 Å². The van der Waals surface area contributed by atoms with E-state index >= 15 is 0 Å².